The Labute approximate surface area is 172 Å². The van der Waals surface area contributed by atoms with Crippen molar-refractivity contribution >= 4 is 29.1 Å². The van der Waals surface area contributed by atoms with Crippen LogP contribution in [-0.4, -0.2) is 23.3 Å². The van der Waals surface area contributed by atoms with Crippen molar-refractivity contribution in [2.24, 2.45) is 0 Å². The molecule has 6 heteroatoms. The van der Waals surface area contributed by atoms with Gasteiger partial charge in [0.2, 0.25) is 5.91 Å². The van der Waals surface area contributed by atoms with Gasteiger partial charge in [-0.25, -0.2) is 4.39 Å². The zero-order chi connectivity index (χ0) is 20.5. The molecule has 4 rings (SSSR count). The van der Waals surface area contributed by atoms with Crippen LogP contribution in [0.4, 0.5) is 10.1 Å². The molecule has 1 N–H and O–H groups in total. The minimum Gasteiger partial charge on any atom is -0.324 e. The molecule has 3 aromatic carbocycles. The molecule has 0 aliphatic carbocycles. The van der Waals surface area contributed by atoms with E-state index >= 15 is 0 Å². The zero-order valence-corrected chi connectivity index (χ0v) is 16.4. The molecule has 1 heterocycles. The van der Waals surface area contributed by atoms with Gasteiger partial charge in [0.15, 0.2) is 0 Å². The number of rotatable bonds is 2. The van der Waals surface area contributed by atoms with Crippen molar-refractivity contribution in [2.75, 3.05) is 11.9 Å². The predicted molar refractivity (Wildman–Crippen MR) is 111 cm³/mol. The molecule has 2 amide bonds. The first-order valence-corrected chi connectivity index (χ1v) is 9.52. The Morgan fingerprint density at radius 1 is 1.10 bits per heavy atom. The number of halogens is 2. The fraction of sp³-hybridized carbons (Fsp3) is 0.130. The Hall–Kier alpha value is -3.18. The lowest BCUT2D eigenvalue weighted by Gasteiger charge is -2.30. The van der Waals surface area contributed by atoms with Gasteiger partial charge in [0.25, 0.3) is 5.91 Å². The number of nitrogens with one attached hydrogen (secondary N) is 1. The maximum absolute atomic E-state index is 13.5. The monoisotopic (exact) mass is 408 g/mol. The molecule has 0 aromatic heterocycles. The molecule has 4 nitrogen and oxygen atoms in total. The van der Waals surface area contributed by atoms with Crippen LogP contribution in [0.25, 0.3) is 0 Å². The Bertz CT molecular complexity index is 1100. The molecule has 0 saturated heterocycles. The third-order valence-corrected chi connectivity index (χ3v) is 5.16. The van der Waals surface area contributed by atoms with E-state index in [1.165, 1.54) is 17.0 Å². The van der Waals surface area contributed by atoms with Gasteiger partial charge in [-0.05, 0) is 48.9 Å². The van der Waals surface area contributed by atoms with Gasteiger partial charge in [-0.1, -0.05) is 47.5 Å². The van der Waals surface area contributed by atoms with Crippen LogP contribution >= 0.6 is 11.6 Å². The van der Waals surface area contributed by atoms with Gasteiger partial charge in [-0.15, -0.1) is 0 Å². The Morgan fingerprint density at radius 3 is 2.59 bits per heavy atom. The normalized spacial score (nSPS) is 16.0. The van der Waals surface area contributed by atoms with Crippen molar-refractivity contribution in [3.63, 3.8) is 0 Å². The number of benzene rings is 3. The fourth-order valence-corrected chi connectivity index (χ4v) is 3.79. The lowest BCUT2D eigenvalue weighted by molar-refractivity contribution is -0.117. The van der Waals surface area contributed by atoms with Crippen molar-refractivity contribution < 1.29 is 14.0 Å². The van der Waals surface area contributed by atoms with E-state index in [1.54, 1.807) is 48.5 Å². The van der Waals surface area contributed by atoms with Crippen molar-refractivity contribution in [1.82, 2.24) is 4.90 Å². The molecule has 0 spiro atoms. The van der Waals surface area contributed by atoms with Crippen molar-refractivity contribution in [2.45, 2.75) is 13.0 Å². The number of anilines is 1. The molecule has 29 heavy (non-hydrogen) atoms. The summed E-state index contributed by atoms with van der Waals surface area (Å²) < 4.78 is 13.5. The van der Waals surface area contributed by atoms with E-state index in [0.29, 0.717) is 27.4 Å². The van der Waals surface area contributed by atoms with Gasteiger partial charge in [-0.3, -0.25) is 9.59 Å². The van der Waals surface area contributed by atoms with Crippen LogP contribution in [0, 0.1) is 12.7 Å². The minimum atomic E-state index is -0.574. The summed E-state index contributed by atoms with van der Waals surface area (Å²) in [5, 5.41) is 3.30. The number of nitrogens with zero attached hydrogens (tertiary/aromatic N) is 1. The van der Waals surface area contributed by atoms with E-state index in [2.05, 4.69) is 5.32 Å². The van der Waals surface area contributed by atoms with Gasteiger partial charge in [0, 0.05) is 21.8 Å². The third kappa shape index (κ3) is 3.87. The summed E-state index contributed by atoms with van der Waals surface area (Å²) in [6, 6.07) is 17.8. The molecule has 0 fully saturated rings. The number of carbonyl (C=O) groups excluding carboxylic acids is 2. The molecule has 1 aliphatic heterocycles. The molecule has 0 radical (unpaired) electrons. The maximum atomic E-state index is 13.5. The van der Waals surface area contributed by atoms with Crippen LogP contribution in [0.1, 0.15) is 33.1 Å². The Balaban J connectivity index is 1.89. The van der Waals surface area contributed by atoms with Crippen molar-refractivity contribution in [3.8, 4) is 0 Å². The summed E-state index contributed by atoms with van der Waals surface area (Å²) in [6.45, 7) is 1.77. The quantitative estimate of drug-likeness (QED) is 0.650. The van der Waals surface area contributed by atoms with E-state index in [9.17, 15) is 14.0 Å². The number of aryl methyl sites for hydroxylation is 1. The fourth-order valence-electron chi connectivity index (χ4n) is 3.62. The second-order valence-corrected chi connectivity index (χ2v) is 7.47. The number of amides is 2. The molecule has 0 saturated carbocycles. The van der Waals surface area contributed by atoms with Crippen LogP contribution in [-0.2, 0) is 4.79 Å². The first-order valence-electron chi connectivity index (χ1n) is 9.15. The SMILES string of the molecule is Cc1cccc(C(=O)N2CC(=O)Nc3cc(Cl)ccc3C2c2ccc(F)cc2)c1. The predicted octanol–water partition coefficient (Wildman–Crippen LogP) is 4.97. The molecule has 1 atom stereocenters. The summed E-state index contributed by atoms with van der Waals surface area (Å²) >= 11 is 6.12. The van der Waals surface area contributed by atoms with E-state index in [-0.39, 0.29) is 24.2 Å². The summed E-state index contributed by atoms with van der Waals surface area (Å²) in [4.78, 5) is 27.5. The van der Waals surface area contributed by atoms with E-state index in [1.807, 2.05) is 13.0 Å². The topological polar surface area (TPSA) is 49.4 Å². The third-order valence-electron chi connectivity index (χ3n) is 4.92. The standard InChI is InChI=1S/C23H18ClFN2O2/c1-14-3-2-4-16(11-14)23(29)27-13-21(28)26-20-12-17(24)7-10-19(20)22(27)15-5-8-18(25)9-6-15/h2-12,22H,13H2,1H3,(H,26,28). The summed E-state index contributed by atoms with van der Waals surface area (Å²) in [5.41, 5.74) is 3.39. The van der Waals surface area contributed by atoms with Gasteiger partial charge in [0.05, 0.1) is 6.04 Å². The van der Waals surface area contributed by atoms with E-state index in [0.717, 1.165) is 5.56 Å². The van der Waals surface area contributed by atoms with Crippen LogP contribution in [0.3, 0.4) is 0 Å². The van der Waals surface area contributed by atoms with E-state index < -0.39 is 6.04 Å². The second-order valence-electron chi connectivity index (χ2n) is 7.04. The maximum Gasteiger partial charge on any atom is 0.255 e. The number of hydrogen-bond acceptors (Lipinski definition) is 2. The van der Waals surface area contributed by atoms with Crippen LogP contribution in [0.15, 0.2) is 66.7 Å². The smallest absolute Gasteiger partial charge is 0.255 e. The molecule has 146 valence electrons. The van der Waals surface area contributed by atoms with Crippen LogP contribution in [0.5, 0.6) is 0 Å². The number of fused-ring (bicyclic) bond motifs is 1. The highest BCUT2D eigenvalue weighted by atomic mass is 35.5. The molecule has 3 aromatic rings. The van der Waals surface area contributed by atoms with Gasteiger partial charge >= 0.3 is 0 Å². The Morgan fingerprint density at radius 2 is 1.86 bits per heavy atom. The minimum absolute atomic E-state index is 0.138. The van der Waals surface area contributed by atoms with Crippen LogP contribution in [0.2, 0.25) is 5.02 Å². The second kappa shape index (κ2) is 7.68. The largest absolute Gasteiger partial charge is 0.324 e. The molecular weight excluding hydrogens is 391 g/mol. The number of carbonyl (C=O) groups is 2. The molecule has 1 aliphatic rings. The lowest BCUT2D eigenvalue weighted by atomic mass is 9.95. The summed E-state index contributed by atoms with van der Waals surface area (Å²) in [5.74, 6) is -0.968. The molecular formula is C23H18ClFN2O2. The van der Waals surface area contributed by atoms with Crippen molar-refractivity contribution in [1.29, 1.82) is 0 Å². The van der Waals surface area contributed by atoms with Gasteiger partial charge in [-0.2, -0.15) is 0 Å². The molecule has 1 unspecified atom stereocenters. The Kier molecular flexibility index (Phi) is 5.07. The van der Waals surface area contributed by atoms with Crippen molar-refractivity contribution in [3.05, 3.63) is 99.8 Å². The van der Waals surface area contributed by atoms with E-state index in [4.69, 9.17) is 11.6 Å². The first-order chi connectivity index (χ1) is 13.9. The van der Waals surface area contributed by atoms with Crippen LogP contribution < -0.4 is 5.32 Å². The van der Waals surface area contributed by atoms with Gasteiger partial charge in [0.1, 0.15) is 12.4 Å². The highest BCUT2D eigenvalue weighted by molar-refractivity contribution is 6.31. The summed E-state index contributed by atoms with van der Waals surface area (Å²) in [6.07, 6.45) is 0. The highest BCUT2D eigenvalue weighted by Gasteiger charge is 2.34. The highest BCUT2D eigenvalue weighted by Crippen LogP contribution is 2.37. The first kappa shape index (κ1) is 19.2. The summed E-state index contributed by atoms with van der Waals surface area (Å²) in [7, 11) is 0. The number of hydrogen-bond donors (Lipinski definition) is 1. The molecule has 0 bridgehead atoms. The average Bonchev–Trinajstić information content (AvgIpc) is 2.83. The lowest BCUT2D eigenvalue weighted by Crippen LogP contribution is -2.39. The van der Waals surface area contributed by atoms with Gasteiger partial charge < -0.3 is 10.2 Å². The zero-order valence-electron chi connectivity index (χ0n) is 15.7. The average molecular weight is 409 g/mol.